The highest BCUT2D eigenvalue weighted by Gasteiger charge is 2.21. The molecular weight excluding hydrogens is 318 g/mol. The molecule has 2 aromatic rings. The molecule has 0 saturated carbocycles. The van der Waals surface area contributed by atoms with Crippen LogP contribution in [0.15, 0.2) is 23.0 Å². The van der Waals surface area contributed by atoms with Gasteiger partial charge in [0.05, 0.1) is 12.8 Å². The summed E-state index contributed by atoms with van der Waals surface area (Å²) in [5.74, 6) is 0.579. The van der Waals surface area contributed by atoms with E-state index in [2.05, 4.69) is 9.88 Å². The van der Waals surface area contributed by atoms with Gasteiger partial charge in [0.2, 0.25) is 0 Å². The van der Waals surface area contributed by atoms with Gasteiger partial charge in [-0.05, 0) is 30.5 Å². The van der Waals surface area contributed by atoms with Crippen molar-refractivity contribution in [2.24, 2.45) is 0 Å². The number of hydrogen-bond acceptors (Lipinski definition) is 6. The van der Waals surface area contributed by atoms with E-state index in [9.17, 15) is 15.3 Å². The van der Waals surface area contributed by atoms with Crippen molar-refractivity contribution in [1.29, 1.82) is 10.5 Å². The highest BCUT2D eigenvalue weighted by molar-refractivity contribution is 5.82. The van der Waals surface area contributed by atoms with Crippen molar-refractivity contribution < 1.29 is 4.74 Å². The van der Waals surface area contributed by atoms with Gasteiger partial charge < -0.3 is 20.4 Å². The summed E-state index contributed by atoms with van der Waals surface area (Å²) in [7, 11) is 1.57. The molecule has 1 aliphatic rings. The first kappa shape index (κ1) is 16.4. The smallest absolute Gasteiger partial charge is 0.268 e. The number of anilines is 2. The number of benzene rings is 1. The summed E-state index contributed by atoms with van der Waals surface area (Å²) in [5, 5.41) is 18.8. The normalized spacial score (nSPS) is 13.3. The number of nitrogen functional groups attached to an aromatic ring is 1. The van der Waals surface area contributed by atoms with Gasteiger partial charge in [-0.1, -0.05) is 6.07 Å². The molecule has 1 fully saturated rings. The van der Waals surface area contributed by atoms with Crippen LogP contribution in [0.25, 0.3) is 11.1 Å². The third-order valence-electron chi connectivity index (χ3n) is 4.38. The first-order valence-electron chi connectivity index (χ1n) is 7.90. The average Bonchev–Trinajstić information content (AvgIpc) is 3.15. The largest absolute Gasteiger partial charge is 0.495 e. The second-order valence-corrected chi connectivity index (χ2v) is 5.80. The number of hydrogen-bond donors (Lipinski definition) is 2. The van der Waals surface area contributed by atoms with E-state index in [4.69, 9.17) is 10.5 Å². The van der Waals surface area contributed by atoms with Crippen LogP contribution >= 0.6 is 0 Å². The van der Waals surface area contributed by atoms with Gasteiger partial charge in [-0.2, -0.15) is 10.5 Å². The van der Waals surface area contributed by atoms with E-state index in [1.54, 1.807) is 19.2 Å². The van der Waals surface area contributed by atoms with E-state index in [-0.39, 0.29) is 22.5 Å². The van der Waals surface area contributed by atoms with Crippen LogP contribution in [0.5, 0.6) is 5.75 Å². The SMILES string of the molecule is COc1cc(-c2c(C#N)c(N)[nH]c(=O)c2C#N)ccc1N1CCCC1. The lowest BCUT2D eigenvalue weighted by molar-refractivity contribution is 0.415. The van der Waals surface area contributed by atoms with Crippen molar-refractivity contribution in [3.63, 3.8) is 0 Å². The number of pyridine rings is 1. The van der Waals surface area contributed by atoms with Gasteiger partial charge in [0, 0.05) is 18.7 Å². The lowest BCUT2D eigenvalue weighted by atomic mass is 9.96. The fourth-order valence-electron chi connectivity index (χ4n) is 3.18. The van der Waals surface area contributed by atoms with Gasteiger partial charge in [0.25, 0.3) is 5.56 Å². The lowest BCUT2D eigenvalue weighted by Crippen LogP contribution is -2.18. The van der Waals surface area contributed by atoms with Crippen molar-refractivity contribution >= 4 is 11.5 Å². The fourth-order valence-corrected chi connectivity index (χ4v) is 3.18. The summed E-state index contributed by atoms with van der Waals surface area (Å²) < 4.78 is 5.50. The second kappa shape index (κ2) is 6.58. The van der Waals surface area contributed by atoms with E-state index in [1.165, 1.54) is 0 Å². The molecule has 3 rings (SSSR count). The monoisotopic (exact) mass is 335 g/mol. The van der Waals surface area contributed by atoms with Crippen molar-refractivity contribution in [3.8, 4) is 29.0 Å². The predicted octanol–water partition coefficient (Wildman–Crippen LogP) is 1.98. The Morgan fingerprint density at radius 2 is 1.88 bits per heavy atom. The minimum Gasteiger partial charge on any atom is -0.495 e. The molecule has 0 amide bonds. The number of nitrogens with zero attached hydrogens (tertiary/aromatic N) is 3. The standard InChI is InChI=1S/C18H17N5O2/c1-25-15-8-11(4-5-14(15)23-6-2-3-7-23)16-12(9-19)17(21)22-18(24)13(16)10-20/h4-5,8H,2-3,6-7H2,1H3,(H3,21,22,24). The van der Waals surface area contributed by atoms with Crippen molar-refractivity contribution in [3.05, 3.63) is 39.7 Å². The maximum Gasteiger partial charge on any atom is 0.268 e. The average molecular weight is 335 g/mol. The van der Waals surface area contributed by atoms with Crippen molar-refractivity contribution in [2.75, 3.05) is 30.8 Å². The summed E-state index contributed by atoms with van der Waals surface area (Å²) in [4.78, 5) is 16.6. The molecule has 3 N–H and O–H groups in total. The van der Waals surface area contributed by atoms with E-state index in [0.717, 1.165) is 31.6 Å². The summed E-state index contributed by atoms with van der Waals surface area (Å²) in [6.45, 7) is 1.92. The van der Waals surface area contributed by atoms with Crippen LogP contribution in [-0.2, 0) is 0 Å². The minimum absolute atomic E-state index is 0.0518. The second-order valence-electron chi connectivity index (χ2n) is 5.80. The van der Waals surface area contributed by atoms with Crippen LogP contribution in [-0.4, -0.2) is 25.2 Å². The Labute approximate surface area is 144 Å². The number of ether oxygens (including phenoxy) is 1. The van der Waals surface area contributed by atoms with Gasteiger partial charge in [0.15, 0.2) is 0 Å². The van der Waals surface area contributed by atoms with Crippen LogP contribution in [0, 0.1) is 22.7 Å². The van der Waals surface area contributed by atoms with E-state index in [1.807, 2.05) is 18.2 Å². The molecule has 0 atom stereocenters. The predicted molar refractivity (Wildman–Crippen MR) is 94.3 cm³/mol. The number of nitrogens with two attached hydrogens (primary N) is 1. The summed E-state index contributed by atoms with van der Waals surface area (Å²) in [5.41, 5.74) is 6.83. The zero-order chi connectivity index (χ0) is 18.0. The molecule has 1 aromatic carbocycles. The third kappa shape index (κ3) is 2.77. The maximum absolute atomic E-state index is 12.1. The Morgan fingerprint density at radius 3 is 2.48 bits per heavy atom. The number of H-pyrrole nitrogens is 1. The number of aromatic amines is 1. The molecule has 0 aliphatic carbocycles. The Morgan fingerprint density at radius 1 is 1.20 bits per heavy atom. The van der Waals surface area contributed by atoms with Crippen molar-refractivity contribution in [1.82, 2.24) is 4.98 Å². The molecule has 2 heterocycles. The number of nitriles is 2. The van der Waals surface area contributed by atoms with Gasteiger partial charge >= 0.3 is 0 Å². The zero-order valence-electron chi connectivity index (χ0n) is 13.8. The van der Waals surface area contributed by atoms with Gasteiger partial charge in [0.1, 0.15) is 34.8 Å². The van der Waals surface area contributed by atoms with Crippen LogP contribution in [0.1, 0.15) is 24.0 Å². The molecular formula is C18H17N5O2. The molecule has 1 aromatic heterocycles. The molecule has 25 heavy (non-hydrogen) atoms. The number of rotatable bonds is 3. The summed E-state index contributed by atoms with van der Waals surface area (Å²) >= 11 is 0. The van der Waals surface area contributed by atoms with Crippen molar-refractivity contribution in [2.45, 2.75) is 12.8 Å². The number of nitrogens with one attached hydrogen (secondary N) is 1. The molecule has 0 bridgehead atoms. The van der Waals surface area contributed by atoms with Crippen LogP contribution < -0.4 is 20.9 Å². The van der Waals surface area contributed by atoms with E-state index >= 15 is 0 Å². The highest BCUT2D eigenvalue weighted by atomic mass is 16.5. The molecule has 7 heteroatoms. The zero-order valence-corrected chi connectivity index (χ0v) is 13.8. The van der Waals surface area contributed by atoms with E-state index in [0.29, 0.717) is 11.3 Å². The molecule has 1 saturated heterocycles. The summed E-state index contributed by atoms with van der Waals surface area (Å²) in [6, 6.07) is 9.26. The van der Waals surface area contributed by atoms with Gasteiger partial charge in [-0.3, -0.25) is 4.79 Å². The highest BCUT2D eigenvalue weighted by Crippen LogP contribution is 2.37. The number of aromatic nitrogens is 1. The van der Waals surface area contributed by atoms with Crippen LogP contribution in [0.2, 0.25) is 0 Å². The Balaban J connectivity index is 2.23. The summed E-state index contributed by atoms with van der Waals surface area (Å²) in [6.07, 6.45) is 2.26. The Kier molecular flexibility index (Phi) is 4.32. The minimum atomic E-state index is -0.614. The first-order chi connectivity index (χ1) is 12.1. The molecule has 0 unspecified atom stereocenters. The fraction of sp³-hybridized carbons (Fsp3) is 0.278. The molecule has 126 valence electrons. The quantitative estimate of drug-likeness (QED) is 0.885. The lowest BCUT2D eigenvalue weighted by Gasteiger charge is -2.21. The van der Waals surface area contributed by atoms with Crippen LogP contribution in [0.3, 0.4) is 0 Å². The first-order valence-corrected chi connectivity index (χ1v) is 7.90. The molecule has 1 aliphatic heterocycles. The van der Waals surface area contributed by atoms with E-state index < -0.39 is 5.56 Å². The molecule has 0 spiro atoms. The number of methoxy groups -OCH3 is 1. The third-order valence-corrected chi connectivity index (χ3v) is 4.38. The molecule has 7 nitrogen and oxygen atoms in total. The maximum atomic E-state index is 12.1. The van der Waals surface area contributed by atoms with Gasteiger partial charge in [-0.15, -0.1) is 0 Å². The topological polar surface area (TPSA) is 119 Å². The Bertz CT molecular complexity index is 959. The molecule has 0 radical (unpaired) electrons. The van der Waals surface area contributed by atoms with Crippen LogP contribution in [0.4, 0.5) is 11.5 Å². The Hall–Kier alpha value is -3.45. The van der Waals surface area contributed by atoms with Gasteiger partial charge in [-0.25, -0.2) is 0 Å².